The highest BCUT2D eigenvalue weighted by Gasteiger charge is 2.22. The second-order valence-electron chi connectivity index (χ2n) is 6.35. The van der Waals surface area contributed by atoms with Crippen molar-refractivity contribution in [2.75, 3.05) is 5.32 Å². The monoisotopic (exact) mass is 353 g/mol. The van der Waals surface area contributed by atoms with Crippen molar-refractivity contribution in [2.45, 2.75) is 38.3 Å². The fourth-order valence-corrected chi connectivity index (χ4v) is 3.22. The van der Waals surface area contributed by atoms with E-state index in [9.17, 15) is 10.1 Å². The Morgan fingerprint density at radius 3 is 2.85 bits per heavy atom. The summed E-state index contributed by atoms with van der Waals surface area (Å²) in [5.74, 6) is 0.793. The SMILES string of the molecule is O=[N+]([O-])c1c(NCc2ccc(OC3CCCC3)nc2)nc2ccccn12. The predicted molar refractivity (Wildman–Crippen MR) is 96.3 cm³/mol. The summed E-state index contributed by atoms with van der Waals surface area (Å²) >= 11 is 0. The van der Waals surface area contributed by atoms with Crippen LogP contribution in [0.1, 0.15) is 31.2 Å². The van der Waals surface area contributed by atoms with Crippen LogP contribution in [-0.2, 0) is 6.54 Å². The first-order chi connectivity index (χ1) is 12.7. The summed E-state index contributed by atoms with van der Waals surface area (Å²) in [5.41, 5.74) is 1.43. The standard InChI is InChI=1S/C18H19N5O3/c24-23(25)18-17(21-15-7-3-4-10-22(15)18)20-12-13-8-9-16(19-11-13)26-14-5-1-2-6-14/h3-4,7-11,14,20H,1-2,5-6,12H2. The summed E-state index contributed by atoms with van der Waals surface area (Å²) in [7, 11) is 0. The van der Waals surface area contributed by atoms with Gasteiger partial charge in [0.2, 0.25) is 17.3 Å². The molecule has 0 bridgehead atoms. The summed E-state index contributed by atoms with van der Waals surface area (Å²) in [6.07, 6.45) is 8.22. The van der Waals surface area contributed by atoms with Crippen LogP contribution in [0.15, 0.2) is 42.7 Å². The molecule has 134 valence electrons. The Morgan fingerprint density at radius 1 is 1.27 bits per heavy atom. The van der Waals surface area contributed by atoms with Crippen LogP contribution in [0.3, 0.4) is 0 Å². The van der Waals surface area contributed by atoms with E-state index in [0.717, 1.165) is 18.4 Å². The van der Waals surface area contributed by atoms with Crippen molar-refractivity contribution < 1.29 is 9.66 Å². The molecule has 8 nitrogen and oxygen atoms in total. The van der Waals surface area contributed by atoms with E-state index in [-0.39, 0.29) is 17.7 Å². The number of hydrogen-bond acceptors (Lipinski definition) is 6. The maximum atomic E-state index is 11.4. The van der Waals surface area contributed by atoms with Gasteiger partial charge in [-0.1, -0.05) is 12.1 Å². The van der Waals surface area contributed by atoms with Crippen molar-refractivity contribution in [3.63, 3.8) is 0 Å². The average Bonchev–Trinajstić information content (AvgIpc) is 3.28. The van der Waals surface area contributed by atoms with Gasteiger partial charge in [0.05, 0.1) is 6.20 Å². The van der Waals surface area contributed by atoms with E-state index in [2.05, 4.69) is 15.3 Å². The topological polar surface area (TPSA) is 94.6 Å². The molecular weight excluding hydrogens is 334 g/mol. The van der Waals surface area contributed by atoms with Crippen molar-refractivity contribution in [1.29, 1.82) is 0 Å². The lowest BCUT2D eigenvalue weighted by molar-refractivity contribution is -0.389. The number of aromatic nitrogens is 3. The number of ether oxygens (including phenoxy) is 1. The minimum atomic E-state index is -0.431. The minimum absolute atomic E-state index is 0.0743. The Bertz CT molecular complexity index is 916. The molecule has 1 saturated carbocycles. The lowest BCUT2D eigenvalue weighted by Gasteiger charge is -2.12. The Morgan fingerprint density at radius 2 is 2.12 bits per heavy atom. The maximum Gasteiger partial charge on any atom is 0.372 e. The molecule has 3 aromatic rings. The molecule has 0 atom stereocenters. The number of nitro groups is 1. The molecule has 4 rings (SSSR count). The number of pyridine rings is 2. The summed E-state index contributed by atoms with van der Waals surface area (Å²) in [6, 6.07) is 9.01. The highest BCUT2D eigenvalue weighted by Crippen LogP contribution is 2.26. The van der Waals surface area contributed by atoms with Crippen molar-refractivity contribution >= 4 is 17.3 Å². The summed E-state index contributed by atoms with van der Waals surface area (Å²) in [6.45, 7) is 0.390. The highest BCUT2D eigenvalue weighted by molar-refractivity contribution is 5.62. The van der Waals surface area contributed by atoms with E-state index in [1.807, 2.05) is 12.1 Å². The maximum absolute atomic E-state index is 11.4. The van der Waals surface area contributed by atoms with Crippen LogP contribution in [-0.4, -0.2) is 25.4 Å². The molecule has 1 fully saturated rings. The molecule has 1 aliphatic carbocycles. The Balaban J connectivity index is 1.46. The van der Waals surface area contributed by atoms with Crippen molar-refractivity contribution in [3.8, 4) is 5.88 Å². The van der Waals surface area contributed by atoms with Gasteiger partial charge in [0, 0.05) is 24.9 Å². The Labute approximate surface area is 150 Å². The zero-order valence-corrected chi connectivity index (χ0v) is 14.2. The van der Waals surface area contributed by atoms with Gasteiger partial charge in [-0.2, -0.15) is 9.38 Å². The van der Waals surface area contributed by atoms with Gasteiger partial charge in [0.15, 0.2) is 0 Å². The lowest BCUT2D eigenvalue weighted by atomic mass is 10.3. The highest BCUT2D eigenvalue weighted by atomic mass is 16.6. The fraction of sp³-hybridized carbons (Fsp3) is 0.333. The Kier molecular flexibility index (Phi) is 4.39. The molecule has 1 N–H and O–H groups in total. The smallest absolute Gasteiger partial charge is 0.372 e. The third-order valence-electron chi connectivity index (χ3n) is 4.52. The van der Waals surface area contributed by atoms with Crippen LogP contribution in [0.4, 0.5) is 11.6 Å². The minimum Gasteiger partial charge on any atom is -0.474 e. The van der Waals surface area contributed by atoms with Crippen molar-refractivity contribution in [3.05, 3.63) is 58.4 Å². The Hall–Kier alpha value is -3.16. The first-order valence-corrected chi connectivity index (χ1v) is 8.67. The predicted octanol–water partition coefficient (Wildman–Crippen LogP) is 3.57. The quantitative estimate of drug-likeness (QED) is 0.538. The lowest BCUT2D eigenvalue weighted by Crippen LogP contribution is -2.12. The molecule has 1 aliphatic rings. The van der Waals surface area contributed by atoms with Crippen LogP contribution in [0, 0.1) is 10.1 Å². The van der Waals surface area contributed by atoms with Gasteiger partial charge >= 0.3 is 5.82 Å². The normalized spacial score (nSPS) is 14.6. The number of nitrogens with zero attached hydrogens (tertiary/aromatic N) is 4. The van der Waals surface area contributed by atoms with Gasteiger partial charge in [0.1, 0.15) is 6.10 Å². The van der Waals surface area contributed by atoms with Crippen molar-refractivity contribution in [1.82, 2.24) is 14.4 Å². The third kappa shape index (κ3) is 3.30. The van der Waals surface area contributed by atoms with Gasteiger partial charge in [-0.15, -0.1) is 0 Å². The van der Waals surface area contributed by atoms with Gasteiger partial charge in [-0.25, -0.2) is 4.98 Å². The van der Waals surface area contributed by atoms with Crippen LogP contribution < -0.4 is 10.1 Å². The molecule has 3 aromatic heterocycles. The second-order valence-corrected chi connectivity index (χ2v) is 6.35. The molecule has 3 heterocycles. The number of imidazole rings is 1. The molecule has 0 amide bonds. The van der Waals surface area contributed by atoms with Gasteiger partial charge in [-0.05, 0) is 42.2 Å². The van der Waals surface area contributed by atoms with Gasteiger partial charge in [0.25, 0.3) is 0 Å². The van der Waals surface area contributed by atoms with Crippen LogP contribution in [0.2, 0.25) is 0 Å². The molecule has 8 heteroatoms. The zero-order valence-electron chi connectivity index (χ0n) is 14.2. The number of anilines is 1. The van der Waals surface area contributed by atoms with Crippen molar-refractivity contribution in [2.24, 2.45) is 0 Å². The molecule has 26 heavy (non-hydrogen) atoms. The summed E-state index contributed by atoms with van der Waals surface area (Å²) in [4.78, 5) is 19.6. The molecule has 0 radical (unpaired) electrons. The number of rotatable bonds is 6. The summed E-state index contributed by atoms with van der Waals surface area (Å²) in [5, 5.41) is 14.4. The van der Waals surface area contributed by atoms with Gasteiger partial charge < -0.3 is 20.2 Å². The van der Waals surface area contributed by atoms with Crippen LogP contribution in [0.5, 0.6) is 5.88 Å². The molecule has 0 spiro atoms. The van der Waals surface area contributed by atoms with E-state index in [1.165, 1.54) is 17.2 Å². The molecule has 0 aliphatic heterocycles. The van der Waals surface area contributed by atoms with E-state index >= 15 is 0 Å². The first kappa shape index (κ1) is 16.3. The number of nitrogens with one attached hydrogen (secondary N) is 1. The third-order valence-corrected chi connectivity index (χ3v) is 4.52. The number of fused-ring (bicyclic) bond motifs is 1. The fourth-order valence-electron chi connectivity index (χ4n) is 3.22. The van der Waals surface area contributed by atoms with Crippen LogP contribution >= 0.6 is 0 Å². The van der Waals surface area contributed by atoms with Crippen LogP contribution in [0.25, 0.3) is 5.65 Å². The van der Waals surface area contributed by atoms with E-state index in [1.54, 1.807) is 30.6 Å². The molecular formula is C18H19N5O3. The first-order valence-electron chi connectivity index (χ1n) is 8.67. The zero-order chi connectivity index (χ0) is 17.9. The second kappa shape index (κ2) is 6.99. The summed E-state index contributed by atoms with van der Waals surface area (Å²) < 4.78 is 7.30. The van der Waals surface area contributed by atoms with E-state index in [4.69, 9.17) is 4.74 Å². The molecule has 0 saturated heterocycles. The molecule has 0 aromatic carbocycles. The largest absolute Gasteiger partial charge is 0.474 e. The van der Waals surface area contributed by atoms with E-state index in [0.29, 0.717) is 18.1 Å². The van der Waals surface area contributed by atoms with Gasteiger partial charge in [-0.3, -0.25) is 0 Å². The molecule has 0 unspecified atom stereocenters. The average molecular weight is 353 g/mol. The number of hydrogen-bond donors (Lipinski definition) is 1. The van der Waals surface area contributed by atoms with E-state index < -0.39 is 4.92 Å².